The summed E-state index contributed by atoms with van der Waals surface area (Å²) in [6.07, 6.45) is 7.90. The summed E-state index contributed by atoms with van der Waals surface area (Å²) in [4.78, 5) is 30.8. The summed E-state index contributed by atoms with van der Waals surface area (Å²) in [6.45, 7) is 0. The maximum Gasteiger partial charge on any atom is 0.274 e. The average molecular weight is 482 g/mol. The lowest BCUT2D eigenvalue weighted by molar-refractivity contribution is 0.00522. The third-order valence-corrected chi connectivity index (χ3v) is 7.06. The highest BCUT2D eigenvalue weighted by Crippen LogP contribution is 2.33. The van der Waals surface area contributed by atoms with Gasteiger partial charge in [-0.3, -0.25) is 9.59 Å². The summed E-state index contributed by atoms with van der Waals surface area (Å²) in [5.41, 5.74) is 1.06. The molecule has 0 bridgehead atoms. The highest BCUT2D eigenvalue weighted by Gasteiger charge is 2.31. The number of hydrogen-bond acceptors (Lipinski definition) is 8. The van der Waals surface area contributed by atoms with E-state index in [1.165, 1.54) is 6.20 Å². The number of amides is 1. The molecule has 2 aliphatic rings. The second kappa shape index (κ2) is 9.67. The second-order valence-electron chi connectivity index (χ2n) is 9.15. The van der Waals surface area contributed by atoms with E-state index in [2.05, 4.69) is 26.0 Å². The molecule has 0 saturated heterocycles. The number of ether oxygens (including phenoxy) is 2. The Balaban J connectivity index is 1.41. The van der Waals surface area contributed by atoms with Gasteiger partial charge in [0.05, 0.1) is 18.4 Å². The first-order chi connectivity index (χ1) is 17.0. The van der Waals surface area contributed by atoms with Crippen LogP contribution in [0.1, 0.15) is 48.5 Å². The number of carbonyl (C=O) groups excluding carboxylic acids is 1. The Morgan fingerprint density at radius 1 is 1.14 bits per heavy atom. The van der Waals surface area contributed by atoms with Crippen LogP contribution < -0.4 is 21.5 Å². The van der Waals surface area contributed by atoms with Crippen LogP contribution in [0.2, 0.25) is 0 Å². The molecule has 0 aliphatic heterocycles. The molecule has 1 amide bonds. The quantitative estimate of drug-likeness (QED) is 0.448. The van der Waals surface area contributed by atoms with Gasteiger partial charge in [-0.15, -0.1) is 0 Å². The smallest absolute Gasteiger partial charge is 0.274 e. The fraction of sp³-hybridized carbons (Fsp3) is 0.500. The van der Waals surface area contributed by atoms with Gasteiger partial charge in [-0.05, 0) is 44.2 Å². The molecule has 0 unspecified atom stereocenters. The standard InChI is InChI=1S/C24H31N7O4/c1-25-21-12-20(28-19-5-4-8-30(24(19)33)15-10-17(11-15)35-3)29-22-18(13-26-31(21)22)23(32)27-14-6-7-16(9-14)34-2/h4-5,8,12-17,25H,6-7,9-11H2,1-3H3,(H,27,32)(H,28,29)/t14-,15?,16-,17?/m0/s1. The van der Waals surface area contributed by atoms with Crippen LogP contribution in [0, 0.1) is 0 Å². The number of methoxy groups -OCH3 is 2. The van der Waals surface area contributed by atoms with Crippen LogP contribution in [0.3, 0.4) is 0 Å². The first-order valence-corrected chi connectivity index (χ1v) is 11.9. The van der Waals surface area contributed by atoms with E-state index >= 15 is 0 Å². The second-order valence-corrected chi connectivity index (χ2v) is 9.15. The predicted molar refractivity (Wildman–Crippen MR) is 131 cm³/mol. The summed E-state index contributed by atoms with van der Waals surface area (Å²) in [5.74, 6) is 0.846. The minimum absolute atomic E-state index is 0.0551. The first kappa shape index (κ1) is 23.3. The summed E-state index contributed by atoms with van der Waals surface area (Å²) in [7, 11) is 5.15. The summed E-state index contributed by atoms with van der Waals surface area (Å²) < 4.78 is 14.1. The normalized spacial score (nSPS) is 23.7. The summed E-state index contributed by atoms with van der Waals surface area (Å²) in [6, 6.07) is 5.50. The highest BCUT2D eigenvalue weighted by molar-refractivity contribution is 6.00. The Labute approximate surface area is 202 Å². The number of nitrogens with zero attached hydrogens (tertiary/aromatic N) is 4. The highest BCUT2D eigenvalue weighted by atomic mass is 16.5. The molecule has 0 radical (unpaired) electrons. The van der Waals surface area contributed by atoms with Crippen LogP contribution >= 0.6 is 0 Å². The van der Waals surface area contributed by atoms with E-state index in [0.717, 1.165) is 32.1 Å². The van der Waals surface area contributed by atoms with Crippen molar-refractivity contribution in [2.45, 2.75) is 56.4 Å². The van der Waals surface area contributed by atoms with Crippen molar-refractivity contribution in [2.75, 3.05) is 31.9 Å². The number of rotatable bonds is 8. The zero-order chi connectivity index (χ0) is 24.5. The fourth-order valence-corrected chi connectivity index (χ4v) is 4.90. The molecule has 0 aromatic carbocycles. The molecular formula is C24H31N7O4. The molecule has 186 valence electrons. The molecule has 2 saturated carbocycles. The molecule has 3 aromatic heterocycles. The van der Waals surface area contributed by atoms with E-state index in [4.69, 9.17) is 9.47 Å². The van der Waals surface area contributed by atoms with Gasteiger partial charge in [-0.2, -0.15) is 9.61 Å². The van der Waals surface area contributed by atoms with Crippen LogP contribution in [0.25, 0.3) is 5.65 Å². The van der Waals surface area contributed by atoms with Crippen molar-refractivity contribution in [3.63, 3.8) is 0 Å². The Morgan fingerprint density at radius 2 is 1.94 bits per heavy atom. The molecule has 2 fully saturated rings. The van der Waals surface area contributed by atoms with Crippen molar-refractivity contribution in [3.8, 4) is 0 Å². The van der Waals surface area contributed by atoms with Gasteiger partial charge < -0.3 is 30.0 Å². The van der Waals surface area contributed by atoms with Crippen molar-refractivity contribution >= 4 is 28.9 Å². The van der Waals surface area contributed by atoms with Crippen molar-refractivity contribution in [3.05, 3.63) is 46.5 Å². The number of anilines is 3. The van der Waals surface area contributed by atoms with Crippen LogP contribution in [-0.4, -0.2) is 64.6 Å². The number of pyridine rings is 1. The van der Waals surface area contributed by atoms with E-state index in [0.29, 0.717) is 28.5 Å². The SMILES string of the molecule is CNc1cc(Nc2cccn(C3CC(OC)C3)c2=O)nc2c(C(=O)N[C@H]3CC[C@H](OC)C3)cnn12. The molecule has 3 heterocycles. The van der Waals surface area contributed by atoms with E-state index < -0.39 is 0 Å². The molecule has 2 atom stereocenters. The molecule has 11 heteroatoms. The molecule has 0 spiro atoms. The molecule has 3 N–H and O–H groups in total. The lowest BCUT2D eigenvalue weighted by Crippen LogP contribution is -2.37. The largest absolute Gasteiger partial charge is 0.381 e. The van der Waals surface area contributed by atoms with Crippen LogP contribution in [-0.2, 0) is 9.47 Å². The predicted octanol–water partition coefficient (Wildman–Crippen LogP) is 2.32. The average Bonchev–Trinajstić information content (AvgIpc) is 3.47. The number of hydrogen-bond donors (Lipinski definition) is 3. The minimum Gasteiger partial charge on any atom is -0.381 e. The molecule has 5 rings (SSSR count). The maximum atomic E-state index is 13.1. The Bertz CT molecular complexity index is 1280. The van der Waals surface area contributed by atoms with Crippen molar-refractivity contribution in [1.82, 2.24) is 24.5 Å². The molecule has 35 heavy (non-hydrogen) atoms. The lowest BCUT2D eigenvalue weighted by Gasteiger charge is -2.35. The van der Waals surface area contributed by atoms with E-state index in [9.17, 15) is 9.59 Å². The van der Waals surface area contributed by atoms with E-state index in [-0.39, 0.29) is 35.8 Å². The number of aromatic nitrogens is 4. The molecule has 11 nitrogen and oxygen atoms in total. The van der Waals surface area contributed by atoms with Crippen LogP contribution in [0.5, 0.6) is 0 Å². The number of nitrogens with one attached hydrogen (secondary N) is 3. The molecular weight excluding hydrogens is 450 g/mol. The minimum atomic E-state index is -0.229. The van der Waals surface area contributed by atoms with Gasteiger partial charge in [0.1, 0.15) is 22.9 Å². The van der Waals surface area contributed by atoms with Crippen molar-refractivity contribution in [1.29, 1.82) is 0 Å². The van der Waals surface area contributed by atoms with Crippen molar-refractivity contribution in [2.24, 2.45) is 0 Å². The monoisotopic (exact) mass is 481 g/mol. The maximum absolute atomic E-state index is 13.1. The zero-order valence-electron chi connectivity index (χ0n) is 20.2. The third-order valence-electron chi connectivity index (χ3n) is 7.06. The third kappa shape index (κ3) is 4.48. The van der Waals surface area contributed by atoms with Gasteiger partial charge in [-0.25, -0.2) is 4.98 Å². The zero-order valence-corrected chi connectivity index (χ0v) is 20.2. The van der Waals surface area contributed by atoms with Gasteiger partial charge in [0.25, 0.3) is 11.5 Å². The molecule has 3 aromatic rings. The topological polar surface area (TPSA) is 124 Å². The Hall–Kier alpha value is -3.44. The Morgan fingerprint density at radius 3 is 2.66 bits per heavy atom. The van der Waals surface area contributed by atoms with Gasteiger partial charge >= 0.3 is 0 Å². The number of carbonyl (C=O) groups is 1. The first-order valence-electron chi connectivity index (χ1n) is 11.9. The fourth-order valence-electron chi connectivity index (χ4n) is 4.90. The Kier molecular flexibility index (Phi) is 6.44. The van der Waals surface area contributed by atoms with E-state index in [1.807, 2.05) is 6.07 Å². The van der Waals surface area contributed by atoms with Gasteiger partial charge in [0.2, 0.25) is 0 Å². The molecule has 2 aliphatic carbocycles. The van der Waals surface area contributed by atoms with Gasteiger partial charge in [-0.1, -0.05) is 0 Å². The van der Waals surface area contributed by atoms with Crippen LogP contribution in [0.15, 0.2) is 35.4 Å². The van der Waals surface area contributed by atoms with Crippen molar-refractivity contribution < 1.29 is 14.3 Å². The van der Waals surface area contributed by atoms with E-state index in [1.54, 1.807) is 48.7 Å². The lowest BCUT2D eigenvalue weighted by atomic mass is 9.89. The van der Waals surface area contributed by atoms with Gasteiger partial charge in [0, 0.05) is 45.6 Å². The summed E-state index contributed by atoms with van der Waals surface area (Å²) in [5, 5.41) is 13.7. The number of fused-ring (bicyclic) bond motifs is 1. The van der Waals surface area contributed by atoms with Crippen LogP contribution in [0.4, 0.5) is 17.3 Å². The van der Waals surface area contributed by atoms with Gasteiger partial charge in [0.15, 0.2) is 5.65 Å². The summed E-state index contributed by atoms with van der Waals surface area (Å²) >= 11 is 0.